The van der Waals surface area contributed by atoms with Crippen molar-refractivity contribution in [2.24, 2.45) is 5.73 Å². The Hall–Kier alpha value is -2.30. The van der Waals surface area contributed by atoms with Crippen molar-refractivity contribution in [2.45, 2.75) is 6.42 Å². The van der Waals surface area contributed by atoms with Crippen LogP contribution < -0.4 is 11.5 Å². The van der Waals surface area contributed by atoms with Crippen LogP contribution in [0, 0.1) is 0 Å². The van der Waals surface area contributed by atoms with Crippen LogP contribution >= 0.6 is 0 Å². The lowest BCUT2D eigenvalue weighted by atomic mass is 10.1. The monoisotopic (exact) mass is 234 g/mol. The summed E-state index contributed by atoms with van der Waals surface area (Å²) in [6.07, 6.45) is 3.36. The molecular formula is C12H14N2O3. The lowest BCUT2D eigenvalue weighted by molar-refractivity contribution is -0.117. The number of methoxy groups -OCH3 is 1. The van der Waals surface area contributed by atoms with Gasteiger partial charge in [-0.2, -0.15) is 0 Å². The van der Waals surface area contributed by atoms with E-state index in [2.05, 4.69) is 4.74 Å². The SMILES string of the molecule is COC(=O)c1ccc(N)c(C=CCC(N)=O)c1. The molecule has 5 heteroatoms. The van der Waals surface area contributed by atoms with Crippen molar-refractivity contribution in [3.8, 4) is 0 Å². The van der Waals surface area contributed by atoms with Crippen LogP contribution in [0.15, 0.2) is 24.3 Å². The number of primary amides is 1. The number of nitrogens with two attached hydrogens (primary N) is 2. The van der Waals surface area contributed by atoms with Gasteiger partial charge in [-0.3, -0.25) is 4.79 Å². The molecular weight excluding hydrogens is 220 g/mol. The quantitative estimate of drug-likeness (QED) is 0.598. The number of rotatable bonds is 4. The zero-order valence-corrected chi connectivity index (χ0v) is 9.47. The van der Waals surface area contributed by atoms with Crippen LogP contribution in [-0.4, -0.2) is 19.0 Å². The van der Waals surface area contributed by atoms with Crippen molar-refractivity contribution < 1.29 is 14.3 Å². The van der Waals surface area contributed by atoms with Crippen molar-refractivity contribution in [1.82, 2.24) is 0 Å². The molecule has 4 N–H and O–H groups in total. The molecule has 1 aromatic carbocycles. The molecule has 0 saturated heterocycles. The zero-order valence-electron chi connectivity index (χ0n) is 9.47. The molecule has 0 heterocycles. The molecule has 17 heavy (non-hydrogen) atoms. The van der Waals surface area contributed by atoms with E-state index < -0.39 is 11.9 Å². The molecule has 0 aliphatic rings. The molecule has 0 aliphatic heterocycles. The Labute approximate surface area is 99.0 Å². The third-order valence-electron chi connectivity index (χ3n) is 2.12. The molecule has 0 radical (unpaired) electrons. The first kappa shape index (κ1) is 12.8. The minimum atomic E-state index is -0.436. The fourth-order valence-corrected chi connectivity index (χ4v) is 1.27. The van der Waals surface area contributed by atoms with Crippen molar-refractivity contribution in [2.75, 3.05) is 12.8 Å². The number of hydrogen-bond donors (Lipinski definition) is 2. The second-order valence-electron chi connectivity index (χ2n) is 3.41. The predicted molar refractivity (Wildman–Crippen MR) is 65.0 cm³/mol. The Balaban J connectivity index is 2.94. The number of hydrogen-bond acceptors (Lipinski definition) is 4. The highest BCUT2D eigenvalue weighted by molar-refractivity contribution is 5.91. The highest BCUT2D eigenvalue weighted by atomic mass is 16.5. The molecule has 90 valence electrons. The third kappa shape index (κ3) is 3.64. The summed E-state index contributed by atoms with van der Waals surface area (Å²) in [6.45, 7) is 0. The number of amides is 1. The number of carbonyl (C=O) groups excluding carboxylic acids is 2. The lowest BCUT2D eigenvalue weighted by Crippen LogP contribution is -2.08. The fraction of sp³-hybridized carbons (Fsp3) is 0.167. The van der Waals surface area contributed by atoms with Gasteiger partial charge in [0.05, 0.1) is 12.7 Å². The fourth-order valence-electron chi connectivity index (χ4n) is 1.27. The number of ether oxygens (including phenoxy) is 1. The summed E-state index contributed by atoms with van der Waals surface area (Å²) >= 11 is 0. The molecule has 0 atom stereocenters. The van der Waals surface area contributed by atoms with E-state index in [4.69, 9.17) is 11.5 Å². The number of anilines is 1. The van der Waals surface area contributed by atoms with E-state index in [9.17, 15) is 9.59 Å². The van der Waals surface area contributed by atoms with E-state index in [0.29, 0.717) is 16.8 Å². The molecule has 0 fully saturated rings. The molecule has 0 aliphatic carbocycles. The molecule has 0 bridgehead atoms. The van der Waals surface area contributed by atoms with Crippen molar-refractivity contribution in [3.63, 3.8) is 0 Å². The number of benzene rings is 1. The minimum absolute atomic E-state index is 0.127. The smallest absolute Gasteiger partial charge is 0.337 e. The summed E-state index contributed by atoms with van der Waals surface area (Å²) in [6, 6.07) is 4.78. The van der Waals surface area contributed by atoms with Gasteiger partial charge >= 0.3 is 5.97 Å². The van der Waals surface area contributed by atoms with Crippen LogP contribution in [0.25, 0.3) is 6.08 Å². The molecule has 0 aromatic heterocycles. The second-order valence-corrected chi connectivity index (χ2v) is 3.41. The van der Waals surface area contributed by atoms with Gasteiger partial charge in [0.1, 0.15) is 0 Å². The summed E-state index contributed by atoms with van der Waals surface area (Å²) < 4.78 is 4.60. The predicted octanol–water partition coefficient (Wildman–Crippen LogP) is 0.944. The summed E-state index contributed by atoms with van der Waals surface area (Å²) in [7, 11) is 1.31. The number of carbonyl (C=O) groups is 2. The molecule has 0 spiro atoms. The molecule has 1 aromatic rings. The standard InChI is InChI=1S/C12H14N2O3/c1-17-12(16)9-5-6-10(13)8(7-9)3-2-4-11(14)15/h2-3,5-7H,4,13H2,1H3,(H2,14,15). The van der Waals surface area contributed by atoms with Gasteiger partial charge in [0, 0.05) is 12.1 Å². The van der Waals surface area contributed by atoms with Gasteiger partial charge in [-0.15, -0.1) is 0 Å². The van der Waals surface area contributed by atoms with Crippen LogP contribution in [0.2, 0.25) is 0 Å². The molecule has 0 saturated carbocycles. The maximum absolute atomic E-state index is 11.3. The van der Waals surface area contributed by atoms with Crippen LogP contribution in [-0.2, 0) is 9.53 Å². The Bertz CT molecular complexity index is 467. The van der Waals surface area contributed by atoms with Crippen LogP contribution in [0.4, 0.5) is 5.69 Å². The first-order chi connectivity index (χ1) is 8.04. The molecule has 0 unspecified atom stereocenters. The normalized spacial score (nSPS) is 10.4. The highest BCUT2D eigenvalue weighted by Gasteiger charge is 2.06. The van der Waals surface area contributed by atoms with E-state index in [1.54, 1.807) is 30.4 Å². The number of esters is 1. The van der Waals surface area contributed by atoms with Gasteiger partial charge in [-0.25, -0.2) is 4.79 Å². The van der Waals surface area contributed by atoms with Gasteiger partial charge in [0.2, 0.25) is 5.91 Å². The Morgan fingerprint density at radius 2 is 2.12 bits per heavy atom. The average molecular weight is 234 g/mol. The van der Waals surface area contributed by atoms with E-state index in [-0.39, 0.29) is 6.42 Å². The van der Waals surface area contributed by atoms with E-state index >= 15 is 0 Å². The molecule has 1 rings (SSSR count). The largest absolute Gasteiger partial charge is 0.465 e. The van der Waals surface area contributed by atoms with E-state index in [1.165, 1.54) is 7.11 Å². The van der Waals surface area contributed by atoms with Gasteiger partial charge < -0.3 is 16.2 Å². The third-order valence-corrected chi connectivity index (χ3v) is 2.12. The van der Waals surface area contributed by atoms with Gasteiger partial charge in [-0.1, -0.05) is 12.2 Å². The van der Waals surface area contributed by atoms with Crippen LogP contribution in [0.3, 0.4) is 0 Å². The van der Waals surface area contributed by atoms with E-state index in [0.717, 1.165) is 0 Å². The van der Waals surface area contributed by atoms with Crippen LogP contribution in [0.1, 0.15) is 22.3 Å². The Kier molecular flexibility index (Phi) is 4.28. The molecule has 1 amide bonds. The second kappa shape index (κ2) is 5.69. The first-order valence-corrected chi connectivity index (χ1v) is 4.97. The maximum atomic E-state index is 11.3. The highest BCUT2D eigenvalue weighted by Crippen LogP contribution is 2.16. The minimum Gasteiger partial charge on any atom is -0.465 e. The van der Waals surface area contributed by atoms with Crippen molar-refractivity contribution in [1.29, 1.82) is 0 Å². The maximum Gasteiger partial charge on any atom is 0.337 e. The zero-order chi connectivity index (χ0) is 12.8. The van der Waals surface area contributed by atoms with Gasteiger partial charge in [-0.05, 0) is 23.8 Å². The molecule has 5 nitrogen and oxygen atoms in total. The first-order valence-electron chi connectivity index (χ1n) is 4.97. The van der Waals surface area contributed by atoms with Gasteiger partial charge in [0.15, 0.2) is 0 Å². The summed E-state index contributed by atoms with van der Waals surface area (Å²) in [5.74, 6) is -0.863. The van der Waals surface area contributed by atoms with Gasteiger partial charge in [0.25, 0.3) is 0 Å². The lowest BCUT2D eigenvalue weighted by Gasteiger charge is -2.03. The Morgan fingerprint density at radius 1 is 1.41 bits per heavy atom. The van der Waals surface area contributed by atoms with Crippen molar-refractivity contribution in [3.05, 3.63) is 35.4 Å². The summed E-state index contributed by atoms with van der Waals surface area (Å²) in [5.41, 5.74) is 12.3. The average Bonchev–Trinajstić information content (AvgIpc) is 2.30. The van der Waals surface area contributed by atoms with E-state index in [1.807, 2.05) is 0 Å². The number of nitrogen functional groups attached to an aromatic ring is 1. The topological polar surface area (TPSA) is 95.4 Å². The summed E-state index contributed by atoms with van der Waals surface area (Å²) in [4.78, 5) is 21.9. The van der Waals surface area contributed by atoms with Crippen LogP contribution in [0.5, 0.6) is 0 Å². The van der Waals surface area contributed by atoms with Crippen molar-refractivity contribution >= 4 is 23.6 Å². The Morgan fingerprint density at radius 3 is 2.71 bits per heavy atom. The summed E-state index contributed by atoms with van der Waals surface area (Å²) in [5, 5.41) is 0.